The molecule has 0 aliphatic carbocycles. The second kappa shape index (κ2) is 6.96. The molecule has 1 atom stereocenters. The molecule has 0 saturated heterocycles. The van der Waals surface area contributed by atoms with E-state index in [-0.39, 0.29) is 17.9 Å². The molecule has 1 aliphatic rings. The highest BCUT2D eigenvalue weighted by Gasteiger charge is 2.34. The minimum atomic E-state index is -0.364. The lowest BCUT2D eigenvalue weighted by molar-refractivity contribution is 0.0959. The van der Waals surface area contributed by atoms with Crippen LogP contribution in [0.1, 0.15) is 43.6 Å². The zero-order chi connectivity index (χ0) is 20.8. The maximum absolute atomic E-state index is 13.1. The number of nitrogen functional groups attached to an aromatic ring is 1. The number of aromatic nitrogens is 1. The van der Waals surface area contributed by atoms with E-state index in [1.54, 1.807) is 12.1 Å². The number of hydrogen-bond acceptors (Lipinski definition) is 5. The summed E-state index contributed by atoms with van der Waals surface area (Å²) in [6, 6.07) is 18.4. The van der Waals surface area contributed by atoms with E-state index >= 15 is 0 Å². The van der Waals surface area contributed by atoms with Gasteiger partial charge < -0.3 is 16.4 Å². The van der Waals surface area contributed by atoms with Crippen molar-refractivity contribution >= 4 is 44.8 Å². The van der Waals surface area contributed by atoms with Gasteiger partial charge in [-0.05, 0) is 47.8 Å². The number of amides is 2. The summed E-state index contributed by atoms with van der Waals surface area (Å²) in [5.74, 6) is -0.539. The van der Waals surface area contributed by atoms with Gasteiger partial charge in [0.2, 0.25) is 0 Å². The summed E-state index contributed by atoms with van der Waals surface area (Å²) in [4.78, 5) is 25.7. The van der Waals surface area contributed by atoms with Crippen LogP contribution in [-0.4, -0.2) is 16.2 Å². The molecule has 7 heteroatoms. The van der Waals surface area contributed by atoms with Gasteiger partial charge in [0.15, 0.2) is 0 Å². The summed E-state index contributed by atoms with van der Waals surface area (Å²) in [5.41, 5.74) is 10.5. The number of nitrogens with zero attached hydrogens (tertiary/aromatic N) is 1. The number of hydrogen-bond donors (Lipinski definition) is 3. The quantitative estimate of drug-likeness (QED) is 0.436. The highest BCUT2D eigenvalue weighted by atomic mass is 32.1. The maximum atomic E-state index is 13.1. The third kappa shape index (κ3) is 2.91. The number of nitrogens with two attached hydrogens (primary N) is 1. The lowest BCUT2D eigenvalue weighted by atomic mass is 9.93. The zero-order valence-corrected chi connectivity index (χ0v) is 16.9. The van der Waals surface area contributed by atoms with Crippen LogP contribution in [0, 0.1) is 6.92 Å². The van der Waals surface area contributed by atoms with E-state index < -0.39 is 0 Å². The number of fused-ring (bicyclic) bond motifs is 2. The Bertz CT molecular complexity index is 1330. The fourth-order valence-electron chi connectivity index (χ4n) is 3.93. The van der Waals surface area contributed by atoms with E-state index in [1.807, 2.05) is 55.5 Å². The van der Waals surface area contributed by atoms with Crippen molar-refractivity contribution in [2.45, 2.75) is 13.0 Å². The Labute approximate surface area is 176 Å². The molecule has 1 aliphatic heterocycles. The normalized spacial score (nSPS) is 15.1. The van der Waals surface area contributed by atoms with Crippen molar-refractivity contribution in [2.24, 2.45) is 0 Å². The number of carbonyl (C=O) groups excluding carboxylic acids is 2. The largest absolute Gasteiger partial charge is 0.399 e. The SMILES string of the molecule is Cc1ccccc1[C@H]1NC(=O)c2cc(N)cc(NC(=O)c3nsc4ccccc34)c21. The van der Waals surface area contributed by atoms with Crippen molar-refractivity contribution in [1.29, 1.82) is 0 Å². The highest BCUT2D eigenvalue weighted by molar-refractivity contribution is 7.13. The predicted octanol–water partition coefficient (Wildman–Crippen LogP) is 4.27. The van der Waals surface area contributed by atoms with Crippen molar-refractivity contribution in [3.63, 3.8) is 0 Å². The molecule has 0 spiro atoms. The molecule has 4 aromatic rings. The van der Waals surface area contributed by atoms with Crippen LogP contribution in [0.3, 0.4) is 0 Å². The number of anilines is 2. The summed E-state index contributed by atoms with van der Waals surface area (Å²) in [7, 11) is 0. The number of nitrogens with one attached hydrogen (secondary N) is 2. The van der Waals surface area contributed by atoms with Gasteiger partial charge >= 0.3 is 0 Å². The van der Waals surface area contributed by atoms with Crippen molar-refractivity contribution < 1.29 is 9.59 Å². The Hall–Kier alpha value is -3.71. The van der Waals surface area contributed by atoms with Crippen molar-refractivity contribution in [2.75, 3.05) is 11.1 Å². The maximum Gasteiger partial charge on any atom is 0.276 e. The van der Waals surface area contributed by atoms with Gasteiger partial charge in [-0.1, -0.05) is 42.5 Å². The third-order valence-electron chi connectivity index (χ3n) is 5.35. The van der Waals surface area contributed by atoms with Gasteiger partial charge in [0.1, 0.15) is 5.69 Å². The second-order valence-corrected chi connectivity index (χ2v) is 8.08. The van der Waals surface area contributed by atoms with Crippen LogP contribution in [0.15, 0.2) is 60.7 Å². The summed E-state index contributed by atoms with van der Waals surface area (Å²) in [6.07, 6.45) is 0. The highest BCUT2D eigenvalue weighted by Crippen LogP contribution is 2.39. The Kier molecular flexibility index (Phi) is 4.25. The van der Waals surface area contributed by atoms with Crippen LogP contribution in [0.25, 0.3) is 10.1 Å². The molecule has 2 amide bonds. The van der Waals surface area contributed by atoms with Gasteiger partial charge in [0.05, 0.1) is 10.7 Å². The van der Waals surface area contributed by atoms with Crippen molar-refractivity contribution in [1.82, 2.24) is 9.69 Å². The first kappa shape index (κ1) is 18.3. The monoisotopic (exact) mass is 414 g/mol. The standard InChI is InChI=1S/C23H18N4O2S/c1-12-6-2-3-7-14(12)20-19-16(22(28)26-20)10-13(24)11-17(19)25-23(29)21-15-8-4-5-9-18(15)30-27-21/h2-11,20H,24H2,1H3,(H,25,29)(H,26,28)/t20-/m1/s1. The third-order valence-corrected chi connectivity index (χ3v) is 6.18. The van der Waals surface area contributed by atoms with Gasteiger partial charge in [-0.15, -0.1) is 0 Å². The molecule has 3 aromatic carbocycles. The summed E-state index contributed by atoms with van der Waals surface area (Å²) < 4.78 is 5.27. The van der Waals surface area contributed by atoms with Crippen LogP contribution in [0.2, 0.25) is 0 Å². The first-order chi connectivity index (χ1) is 14.5. The Morgan fingerprint density at radius 1 is 1.13 bits per heavy atom. The van der Waals surface area contributed by atoms with Crippen LogP contribution in [0.5, 0.6) is 0 Å². The summed E-state index contributed by atoms with van der Waals surface area (Å²) in [6.45, 7) is 2.00. The minimum absolute atomic E-state index is 0.208. The molecule has 5 rings (SSSR count). The number of rotatable bonds is 3. The predicted molar refractivity (Wildman–Crippen MR) is 119 cm³/mol. The van der Waals surface area contributed by atoms with Gasteiger partial charge in [0, 0.05) is 27.9 Å². The van der Waals surface area contributed by atoms with Crippen LogP contribution in [0.4, 0.5) is 11.4 Å². The smallest absolute Gasteiger partial charge is 0.276 e. The Morgan fingerprint density at radius 3 is 2.73 bits per heavy atom. The summed E-state index contributed by atoms with van der Waals surface area (Å²) in [5, 5.41) is 6.77. The average Bonchev–Trinajstić information content (AvgIpc) is 3.30. The first-order valence-electron chi connectivity index (χ1n) is 9.48. The number of carbonyl (C=O) groups is 2. The molecule has 0 bridgehead atoms. The molecule has 0 saturated carbocycles. The Morgan fingerprint density at radius 2 is 1.90 bits per heavy atom. The van der Waals surface area contributed by atoms with Crippen LogP contribution >= 0.6 is 11.5 Å². The van der Waals surface area contributed by atoms with E-state index in [9.17, 15) is 9.59 Å². The molecule has 0 unspecified atom stereocenters. The van der Waals surface area contributed by atoms with Gasteiger partial charge in [0.25, 0.3) is 11.8 Å². The van der Waals surface area contributed by atoms with Crippen molar-refractivity contribution in [3.8, 4) is 0 Å². The van der Waals surface area contributed by atoms with E-state index in [1.165, 1.54) is 11.5 Å². The first-order valence-corrected chi connectivity index (χ1v) is 10.3. The van der Waals surface area contributed by atoms with E-state index in [2.05, 4.69) is 15.0 Å². The van der Waals surface area contributed by atoms with E-state index in [0.29, 0.717) is 22.6 Å². The summed E-state index contributed by atoms with van der Waals surface area (Å²) >= 11 is 1.28. The van der Waals surface area contributed by atoms with Gasteiger partial charge in [-0.25, -0.2) is 0 Å². The van der Waals surface area contributed by atoms with Crippen LogP contribution < -0.4 is 16.4 Å². The number of aryl methyl sites for hydroxylation is 1. The molecular formula is C23H18N4O2S. The molecule has 2 heterocycles. The molecule has 148 valence electrons. The lowest BCUT2D eigenvalue weighted by Gasteiger charge is -2.18. The molecule has 4 N–H and O–H groups in total. The zero-order valence-electron chi connectivity index (χ0n) is 16.1. The van der Waals surface area contributed by atoms with E-state index in [4.69, 9.17) is 5.73 Å². The van der Waals surface area contributed by atoms with E-state index in [0.717, 1.165) is 26.8 Å². The average molecular weight is 414 g/mol. The molecule has 0 fully saturated rings. The second-order valence-electron chi connectivity index (χ2n) is 7.27. The molecular weight excluding hydrogens is 396 g/mol. The molecule has 0 radical (unpaired) electrons. The fourth-order valence-corrected chi connectivity index (χ4v) is 4.71. The van der Waals surface area contributed by atoms with Gasteiger partial charge in [-0.2, -0.15) is 4.37 Å². The Balaban J connectivity index is 1.60. The van der Waals surface area contributed by atoms with Gasteiger partial charge in [-0.3, -0.25) is 9.59 Å². The van der Waals surface area contributed by atoms with Crippen molar-refractivity contribution in [3.05, 3.63) is 88.6 Å². The molecule has 30 heavy (non-hydrogen) atoms. The molecule has 1 aromatic heterocycles. The van der Waals surface area contributed by atoms with Crippen LogP contribution in [-0.2, 0) is 0 Å². The lowest BCUT2D eigenvalue weighted by Crippen LogP contribution is -2.21. The minimum Gasteiger partial charge on any atom is -0.399 e. The molecule has 6 nitrogen and oxygen atoms in total. The fraction of sp³-hybridized carbons (Fsp3) is 0.0870. The topological polar surface area (TPSA) is 97.1 Å². The number of benzene rings is 3.